The molecule has 1 aromatic carbocycles. The van der Waals surface area contributed by atoms with E-state index >= 15 is 0 Å². The van der Waals surface area contributed by atoms with Crippen LogP contribution in [-0.2, 0) is 7.05 Å². The lowest BCUT2D eigenvalue weighted by Crippen LogP contribution is -2.21. The van der Waals surface area contributed by atoms with Gasteiger partial charge in [0, 0.05) is 11.9 Å². The molecule has 0 amide bonds. The molecular formula is C22H17BrN6OS. The van der Waals surface area contributed by atoms with E-state index in [1.54, 1.807) is 20.7 Å². The van der Waals surface area contributed by atoms with Crippen molar-refractivity contribution < 1.29 is 4.74 Å². The fourth-order valence-electron chi connectivity index (χ4n) is 3.87. The van der Waals surface area contributed by atoms with Crippen LogP contribution in [0.3, 0.4) is 0 Å². The number of rotatable bonds is 3. The summed E-state index contributed by atoms with van der Waals surface area (Å²) < 4.78 is 10.5. The van der Waals surface area contributed by atoms with E-state index in [0.29, 0.717) is 17.1 Å². The third-order valence-corrected chi connectivity index (χ3v) is 6.86. The monoisotopic (exact) mass is 492 g/mol. The molecule has 0 aliphatic carbocycles. The minimum absolute atomic E-state index is 0.0920. The van der Waals surface area contributed by atoms with Gasteiger partial charge in [-0.05, 0) is 53.2 Å². The van der Waals surface area contributed by atoms with Gasteiger partial charge in [0.25, 0.3) is 0 Å². The molecule has 1 aliphatic heterocycles. The molecule has 0 radical (unpaired) electrons. The van der Waals surface area contributed by atoms with E-state index in [2.05, 4.69) is 27.1 Å². The quantitative estimate of drug-likeness (QED) is 0.449. The van der Waals surface area contributed by atoms with Gasteiger partial charge in [0.05, 0.1) is 32.3 Å². The van der Waals surface area contributed by atoms with Gasteiger partial charge in [0.2, 0.25) is 11.8 Å². The molecule has 7 nitrogen and oxygen atoms in total. The molecule has 5 rings (SSSR count). The molecule has 0 spiro atoms. The molecule has 154 valence electrons. The average molecular weight is 493 g/mol. The van der Waals surface area contributed by atoms with E-state index in [4.69, 9.17) is 15.6 Å². The van der Waals surface area contributed by atoms with Crippen molar-refractivity contribution in [2.45, 2.75) is 12.8 Å². The lowest BCUT2D eigenvalue weighted by Gasteiger charge is -2.24. The number of halogens is 1. The van der Waals surface area contributed by atoms with Gasteiger partial charge in [0.1, 0.15) is 17.3 Å². The highest BCUT2D eigenvalue weighted by Gasteiger charge is 2.39. The summed E-state index contributed by atoms with van der Waals surface area (Å²) in [6.07, 6.45) is 0. The van der Waals surface area contributed by atoms with E-state index in [1.807, 2.05) is 62.5 Å². The predicted molar refractivity (Wildman–Crippen MR) is 122 cm³/mol. The molecule has 0 saturated heterocycles. The maximum absolute atomic E-state index is 9.95. The minimum atomic E-state index is -0.396. The molecule has 1 atom stereocenters. The van der Waals surface area contributed by atoms with E-state index in [-0.39, 0.29) is 5.88 Å². The second-order valence-corrected chi connectivity index (χ2v) is 9.67. The van der Waals surface area contributed by atoms with Gasteiger partial charge in [-0.2, -0.15) is 20.1 Å². The Morgan fingerprint density at radius 1 is 1.19 bits per heavy atom. The summed E-state index contributed by atoms with van der Waals surface area (Å²) in [5, 5.41) is 19.4. The molecule has 0 unspecified atom stereocenters. The number of allylic oxidation sites excluding steroid dienone is 1. The number of benzene rings is 1. The average Bonchev–Trinajstić information content (AvgIpc) is 3.44. The van der Waals surface area contributed by atoms with Crippen molar-refractivity contribution in [3.63, 3.8) is 0 Å². The number of hydrogen-bond donors (Lipinski definition) is 1. The summed E-state index contributed by atoms with van der Waals surface area (Å²) >= 11 is 5.10. The molecule has 0 fully saturated rings. The van der Waals surface area contributed by atoms with Gasteiger partial charge < -0.3 is 10.5 Å². The number of ether oxygens (including phenoxy) is 1. The number of hydrogen-bond acceptors (Lipinski definition) is 6. The van der Waals surface area contributed by atoms with Crippen LogP contribution in [-0.4, -0.2) is 19.6 Å². The van der Waals surface area contributed by atoms with Crippen LogP contribution in [0.4, 0.5) is 0 Å². The maximum Gasteiger partial charge on any atom is 0.229 e. The molecule has 0 saturated carbocycles. The van der Waals surface area contributed by atoms with E-state index in [1.165, 1.54) is 0 Å². The predicted octanol–water partition coefficient (Wildman–Crippen LogP) is 4.62. The fourth-order valence-corrected chi connectivity index (χ4v) is 5.42. The number of para-hydroxylation sites is 1. The van der Waals surface area contributed by atoms with Crippen LogP contribution in [0, 0.1) is 18.3 Å². The molecule has 9 heteroatoms. The fraction of sp³-hybridized carbons (Fsp3) is 0.136. The zero-order chi connectivity index (χ0) is 21.7. The van der Waals surface area contributed by atoms with Crippen LogP contribution in [0.15, 0.2) is 63.8 Å². The number of nitrogens with two attached hydrogens (primary N) is 1. The molecular weight excluding hydrogens is 476 g/mol. The standard InChI is InChI=1S/C22H17BrN6OS/c1-12-10-15(28(2)26-12)20-19-18(16-8-9-17(23)31-16)14(11-24)21(25)30-22(19)29(27-20)13-6-4-3-5-7-13/h3-10,18H,25H2,1-2H3/t18-/m0/s1. The van der Waals surface area contributed by atoms with Gasteiger partial charge in [-0.25, -0.2) is 0 Å². The van der Waals surface area contributed by atoms with Crippen LogP contribution < -0.4 is 10.5 Å². The summed E-state index contributed by atoms with van der Waals surface area (Å²) in [5.41, 5.74) is 10.7. The van der Waals surface area contributed by atoms with Gasteiger partial charge in [0.15, 0.2) is 0 Å². The van der Waals surface area contributed by atoms with Crippen molar-refractivity contribution in [2.75, 3.05) is 0 Å². The molecule has 1 aliphatic rings. The largest absolute Gasteiger partial charge is 0.422 e. The summed E-state index contributed by atoms with van der Waals surface area (Å²) in [4.78, 5) is 0.976. The number of nitrogens with zero attached hydrogens (tertiary/aromatic N) is 5. The Kier molecular flexibility index (Phi) is 4.68. The Hall–Kier alpha value is -3.35. The van der Waals surface area contributed by atoms with Gasteiger partial charge >= 0.3 is 0 Å². The Morgan fingerprint density at radius 3 is 2.58 bits per heavy atom. The minimum Gasteiger partial charge on any atom is -0.422 e. The first kappa shape index (κ1) is 19.6. The van der Waals surface area contributed by atoms with E-state index in [9.17, 15) is 5.26 Å². The van der Waals surface area contributed by atoms with Gasteiger partial charge in [-0.15, -0.1) is 11.3 Å². The first-order valence-electron chi connectivity index (χ1n) is 9.50. The highest BCUT2D eigenvalue weighted by molar-refractivity contribution is 9.11. The summed E-state index contributed by atoms with van der Waals surface area (Å²) in [5.74, 6) is 0.202. The summed E-state index contributed by atoms with van der Waals surface area (Å²) in [6.45, 7) is 1.94. The third-order valence-electron chi connectivity index (χ3n) is 5.17. The normalized spacial score (nSPS) is 15.5. The number of aryl methyl sites for hydroxylation is 2. The van der Waals surface area contributed by atoms with Crippen molar-refractivity contribution in [1.29, 1.82) is 5.26 Å². The Balaban J connectivity index is 1.85. The van der Waals surface area contributed by atoms with Gasteiger partial charge in [-0.3, -0.25) is 4.68 Å². The molecule has 3 aromatic heterocycles. The van der Waals surface area contributed by atoms with Crippen molar-refractivity contribution in [3.8, 4) is 29.0 Å². The zero-order valence-corrected chi connectivity index (χ0v) is 19.1. The number of fused-ring (bicyclic) bond motifs is 1. The summed E-state index contributed by atoms with van der Waals surface area (Å²) in [7, 11) is 1.88. The topological polar surface area (TPSA) is 94.7 Å². The number of thiophene rings is 1. The molecule has 2 N–H and O–H groups in total. The first-order chi connectivity index (χ1) is 15.0. The number of nitriles is 1. The lowest BCUT2D eigenvalue weighted by atomic mass is 9.88. The second-order valence-electron chi connectivity index (χ2n) is 7.18. The van der Waals surface area contributed by atoms with Crippen LogP contribution in [0.2, 0.25) is 0 Å². The Bertz CT molecular complexity index is 1370. The van der Waals surface area contributed by atoms with Gasteiger partial charge in [-0.1, -0.05) is 18.2 Å². The van der Waals surface area contributed by atoms with E-state index < -0.39 is 5.92 Å². The number of aromatic nitrogens is 4. The first-order valence-corrected chi connectivity index (χ1v) is 11.1. The molecule has 31 heavy (non-hydrogen) atoms. The van der Waals surface area contributed by atoms with Crippen molar-refractivity contribution in [3.05, 3.63) is 79.9 Å². The van der Waals surface area contributed by atoms with Crippen LogP contribution >= 0.6 is 27.3 Å². The summed E-state index contributed by atoms with van der Waals surface area (Å²) in [6, 6.07) is 17.9. The highest BCUT2D eigenvalue weighted by atomic mass is 79.9. The highest BCUT2D eigenvalue weighted by Crippen LogP contribution is 2.49. The van der Waals surface area contributed by atoms with Crippen molar-refractivity contribution in [2.24, 2.45) is 12.8 Å². The lowest BCUT2D eigenvalue weighted by molar-refractivity contribution is 0.367. The Morgan fingerprint density at radius 2 is 1.97 bits per heavy atom. The van der Waals surface area contributed by atoms with Crippen LogP contribution in [0.5, 0.6) is 5.88 Å². The Labute approximate surface area is 191 Å². The second kappa shape index (κ2) is 7.41. The zero-order valence-electron chi connectivity index (χ0n) is 16.7. The van der Waals surface area contributed by atoms with E-state index in [0.717, 1.165) is 31.3 Å². The van der Waals surface area contributed by atoms with Crippen molar-refractivity contribution in [1.82, 2.24) is 19.6 Å². The van der Waals surface area contributed by atoms with Crippen molar-refractivity contribution >= 4 is 27.3 Å². The molecule has 0 bridgehead atoms. The third kappa shape index (κ3) is 3.15. The molecule has 4 aromatic rings. The van der Waals surface area contributed by atoms with Crippen LogP contribution in [0.25, 0.3) is 17.1 Å². The SMILES string of the molecule is Cc1cc(-c2nn(-c3ccccc3)c3c2[C@H](c2ccc(Br)s2)C(C#N)=C(N)O3)n(C)n1. The maximum atomic E-state index is 9.95. The smallest absolute Gasteiger partial charge is 0.229 e. The molecule has 4 heterocycles. The van der Waals surface area contributed by atoms with Crippen LogP contribution in [0.1, 0.15) is 22.1 Å².